The van der Waals surface area contributed by atoms with Crippen molar-refractivity contribution in [1.29, 1.82) is 0 Å². The van der Waals surface area contributed by atoms with Crippen LogP contribution < -0.4 is 4.74 Å². The van der Waals surface area contributed by atoms with Gasteiger partial charge in [-0.3, -0.25) is 4.79 Å². The molecule has 0 fully saturated rings. The van der Waals surface area contributed by atoms with Crippen molar-refractivity contribution in [3.8, 4) is 5.75 Å². The number of nitrogens with zero attached hydrogens (tertiary/aromatic N) is 1. The molecule has 0 aliphatic rings. The highest BCUT2D eigenvalue weighted by atomic mass is 35.5. The summed E-state index contributed by atoms with van der Waals surface area (Å²) < 4.78 is 19.7. The lowest BCUT2D eigenvalue weighted by Crippen LogP contribution is -2.15. The molecular formula is C17H14Cl2FNO2. The molecule has 0 atom stereocenters. The molecule has 0 aliphatic heterocycles. The van der Waals surface area contributed by atoms with Crippen LogP contribution in [0.5, 0.6) is 5.75 Å². The van der Waals surface area contributed by atoms with E-state index in [0.717, 1.165) is 0 Å². The van der Waals surface area contributed by atoms with E-state index >= 15 is 0 Å². The lowest BCUT2D eigenvalue weighted by atomic mass is 10.1. The zero-order valence-corrected chi connectivity index (χ0v) is 14.0. The minimum Gasteiger partial charge on any atom is -0.452 e. The Morgan fingerprint density at radius 3 is 2.39 bits per heavy atom. The highest BCUT2D eigenvalue weighted by Gasteiger charge is 2.20. The van der Waals surface area contributed by atoms with E-state index < -0.39 is 11.6 Å². The summed E-state index contributed by atoms with van der Waals surface area (Å²) in [6.45, 7) is 0. The third kappa shape index (κ3) is 4.47. The van der Waals surface area contributed by atoms with Crippen LogP contribution in [0.1, 0.15) is 10.4 Å². The first-order valence-electron chi connectivity index (χ1n) is 6.69. The molecule has 0 radical (unpaired) electrons. The summed E-state index contributed by atoms with van der Waals surface area (Å²) in [5, 5.41) is 0.425. The van der Waals surface area contributed by atoms with Gasteiger partial charge in [0.05, 0.1) is 10.6 Å². The van der Waals surface area contributed by atoms with Gasteiger partial charge in [-0.05, 0) is 36.4 Å². The molecule has 0 aliphatic carbocycles. The number of carbonyl (C=O) groups excluding carboxylic acids is 1. The number of Topliss-reactive ketones (excluding diaryl/α,β-unsaturated/α-hetero) is 1. The van der Waals surface area contributed by atoms with Crippen molar-refractivity contribution in [2.75, 3.05) is 14.1 Å². The van der Waals surface area contributed by atoms with Crippen molar-refractivity contribution >= 4 is 29.0 Å². The molecule has 0 amide bonds. The minimum atomic E-state index is -0.775. The van der Waals surface area contributed by atoms with E-state index in [2.05, 4.69) is 0 Å². The zero-order chi connectivity index (χ0) is 17.0. The summed E-state index contributed by atoms with van der Waals surface area (Å²) in [7, 11) is 3.46. The SMILES string of the molecule is CN(C)/C=C(/Oc1ccc(Cl)cc1)C(=O)c1cccc(Cl)c1F. The topological polar surface area (TPSA) is 29.5 Å². The van der Waals surface area contributed by atoms with Gasteiger partial charge >= 0.3 is 0 Å². The quantitative estimate of drug-likeness (QED) is 0.439. The Hall–Kier alpha value is -2.04. The zero-order valence-electron chi connectivity index (χ0n) is 12.5. The molecule has 2 rings (SSSR count). The molecule has 6 heteroatoms. The van der Waals surface area contributed by atoms with Gasteiger partial charge in [0.25, 0.3) is 0 Å². The summed E-state index contributed by atoms with van der Waals surface area (Å²) in [6, 6.07) is 10.7. The number of carbonyl (C=O) groups is 1. The van der Waals surface area contributed by atoms with Crippen molar-refractivity contribution in [2.24, 2.45) is 0 Å². The summed E-state index contributed by atoms with van der Waals surface area (Å²) in [5.74, 6) is -0.992. The van der Waals surface area contributed by atoms with Gasteiger partial charge in [-0.1, -0.05) is 29.3 Å². The molecule has 23 heavy (non-hydrogen) atoms. The van der Waals surface area contributed by atoms with Crippen molar-refractivity contribution < 1.29 is 13.9 Å². The van der Waals surface area contributed by atoms with E-state index in [9.17, 15) is 9.18 Å². The highest BCUT2D eigenvalue weighted by Crippen LogP contribution is 2.23. The van der Waals surface area contributed by atoms with Crippen LogP contribution in [0.25, 0.3) is 0 Å². The number of halogens is 3. The number of rotatable bonds is 5. The van der Waals surface area contributed by atoms with Gasteiger partial charge in [0.2, 0.25) is 5.78 Å². The first kappa shape index (κ1) is 17.3. The van der Waals surface area contributed by atoms with E-state index in [1.165, 1.54) is 24.4 Å². The van der Waals surface area contributed by atoms with E-state index in [0.29, 0.717) is 10.8 Å². The smallest absolute Gasteiger partial charge is 0.232 e. The maximum Gasteiger partial charge on any atom is 0.232 e. The molecule has 0 aromatic heterocycles. The fourth-order valence-electron chi connectivity index (χ4n) is 1.81. The largest absolute Gasteiger partial charge is 0.452 e. The fraction of sp³-hybridized carbons (Fsp3) is 0.118. The van der Waals surface area contributed by atoms with E-state index in [4.69, 9.17) is 27.9 Å². The van der Waals surface area contributed by atoms with Crippen LogP contribution >= 0.6 is 23.2 Å². The maximum atomic E-state index is 14.1. The first-order chi connectivity index (χ1) is 10.9. The average Bonchev–Trinajstić information content (AvgIpc) is 2.50. The average molecular weight is 354 g/mol. The van der Waals surface area contributed by atoms with Gasteiger partial charge in [0.1, 0.15) is 5.75 Å². The van der Waals surface area contributed by atoms with Gasteiger partial charge in [-0.2, -0.15) is 0 Å². The third-order valence-corrected chi connectivity index (χ3v) is 3.38. The van der Waals surface area contributed by atoms with E-state index in [1.807, 2.05) is 0 Å². The lowest BCUT2D eigenvalue weighted by Gasteiger charge is -2.13. The second kappa shape index (κ2) is 7.49. The number of hydrogen-bond donors (Lipinski definition) is 0. The van der Waals surface area contributed by atoms with E-state index in [-0.39, 0.29) is 16.3 Å². The van der Waals surface area contributed by atoms with Gasteiger partial charge in [-0.25, -0.2) is 4.39 Å². The molecule has 0 bridgehead atoms. The number of ketones is 1. The number of hydrogen-bond acceptors (Lipinski definition) is 3. The van der Waals surface area contributed by atoms with Gasteiger partial charge in [0.15, 0.2) is 11.6 Å². The van der Waals surface area contributed by atoms with Crippen molar-refractivity contribution in [2.45, 2.75) is 0 Å². The number of benzene rings is 2. The Bertz CT molecular complexity index is 743. The molecule has 0 saturated heterocycles. The van der Waals surface area contributed by atoms with Crippen LogP contribution in [-0.2, 0) is 0 Å². The van der Waals surface area contributed by atoms with Crippen molar-refractivity contribution in [1.82, 2.24) is 4.90 Å². The van der Waals surface area contributed by atoms with Crippen LogP contribution in [0.3, 0.4) is 0 Å². The predicted molar refractivity (Wildman–Crippen MR) is 89.6 cm³/mol. The molecule has 0 unspecified atom stereocenters. The third-order valence-electron chi connectivity index (χ3n) is 2.84. The first-order valence-corrected chi connectivity index (χ1v) is 7.44. The molecule has 0 saturated carbocycles. The molecule has 120 valence electrons. The van der Waals surface area contributed by atoms with Crippen LogP contribution in [0.15, 0.2) is 54.4 Å². The maximum absolute atomic E-state index is 14.1. The van der Waals surface area contributed by atoms with Crippen LogP contribution in [-0.4, -0.2) is 24.8 Å². The Balaban J connectivity index is 2.37. The van der Waals surface area contributed by atoms with Crippen LogP contribution in [0, 0.1) is 5.82 Å². The normalized spacial score (nSPS) is 11.3. The van der Waals surface area contributed by atoms with Gasteiger partial charge < -0.3 is 9.64 Å². The molecular weight excluding hydrogens is 340 g/mol. The second-order valence-corrected chi connectivity index (χ2v) is 5.79. The fourth-order valence-corrected chi connectivity index (χ4v) is 2.11. The molecule has 2 aromatic rings. The van der Waals surface area contributed by atoms with Crippen molar-refractivity contribution in [3.05, 3.63) is 75.8 Å². The summed E-state index contributed by atoms with van der Waals surface area (Å²) in [6.07, 6.45) is 1.47. The summed E-state index contributed by atoms with van der Waals surface area (Å²) in [5.41, 5.74) is -0.153. The predicted octanol–water partition coefficient (Wildman–Crippen LogP) is 4.80. The number of ether oxygens (including phenoxy) is 1. The minimum absolute atomic E-state index is 0.0292. The standard InChI is InChI=1S/C17H14Cl2FNO2/c1-21(2)10-15(23-12-8-6-11(18)7-9-12)17(22)13-4-3-5-14(19)16(13)20/h3-10H,1-2H3/b15-10+. The molecule has 2 aromatic carbocycles. The number of allylic oxidation sites excluding steroid dienone is 1. The van der Waals surface area contributed by atoms with Gasteiger partial charge in [0, 0.05) is 25.3 Å². The molecule has 3 nitrogen and oxygen atoms in total. The van der Waals surface area contributed by atoms with Crippen molar-refractivity contribution in [3.63, 3.8) is 0 Å². The molecule has 0 N–H and O–H groups in total. The Morgan fingerprint density at radius 2 is 1.78 bits per heavy atom. The Morgan fingerprint density at radius 1 is 1.13 bits per heavy atom. The van der Waals surface area contributed by atoms with Crippen LogP contribution in [0.4, 0.5) is 4.39 Å². The van der Waals surface area contributed by atoms with E-state index in [1.54, 1.807) is 43.3 Å². The summed E-state index contributed by atoms with van der Waals surface area (Å²) in [4.78, 5) is 14.2. The monoisotopic (exact) mass is 353 g/mol. The molecule has 0 spiro atoms. The summed E-state index contributed by atoms with van der Waals surface area (Å²) >= 11 is 11.6. The highest BCUT2D eigenvalue weighted by molar-refractivity contribution is 6.31. The Labute approximate surface area is 143 Å². The van der Waals surface area contributed by atoms with Crippen LogP contribution in [0.2, 0.25) is 10.0 Å². The lowest BCUT2D eigenvalue weighted by molar-refractivity contribution is 0.0978. The van der Waals surface area contributed by atoms with Gasteiger partial charge in [-0.15, -0.1) is 0 Å². The Kier molecular flexibility index (Phi) is 5.64. The second-order valence-electron chi connectivity index (χ2n) is 4.94. The molecule has 0 heterocycles.